The van der Waals surface area contributed by atoms with Crippen LogP contribution >= 0.6 is 0 Å². The molecule has 100 valence electrons. The van der Waals surface area contributed by atoms with Gasteiger partial charge in [0.15, 0.2) is 6.10 Å². The highest BCUT2D eigenvalue weighted by Gasteiger charge is 2.20. The fourth-order valence-electron chi connectivity index (χ4n) is 1.73. The average Bonchev–Trinajstić information content (AvgIpc) is 2.37. The highest BCUT2D eigenvalue weighted by Crippen LogP contribution is 2.29. The normalized spacial score (nSPS) is 12.3. The first-order chi connectivity index (χ1) is 8.51. The molecule has 0 saturated heterocycles. The maximum absolute atomic E-state index is 11.4. The van der Waals surface area contributed by atoms with Gasteiger partial charge in [-0.1, -0.05) is 26.0 Å². The SMILES string of the molecule is CCOC(=O)C(O)c1ccc(C(C)C)c(OC)c1. The summed E-state index contributed by atoms with van der Waals surface area (Å²) in [7, 11) is 1.57. The van der Waals surface area contributed by atoms with Gasteiger partial charge in [-0.15, -0.1) is 0 Å². The Morgan fingerprint density at radius 2 is 2.06 bits per heavy atom. The third-order valence-corrected chi connectivity index (χ3v) is 2.71. The topological polar surface area (TPSA) is 55.8 Å². The summed E-state index contributed by atoms with van der Waals surface area (Å²) in [6, 6.07) is 5.26. The van der Waals surface area contributed by atoms with Gasteiger partial charge in [-0.2, -0.15) is 0 Å². The van der Waals surface area contributed by atoms with E-state index in [1.165, 1.54) is 0 Å². The summed E-state index contributed by atoms with van der Waals surface area (Å²) in [5.41, 5.74) is 1.52. The minimum Gasteiger partial charge on any atom is -0.496 e. The predicted molar refractivity (Wildman–Crippen MR) is 68.7 cm³/mol. The van der Waals surface area contributed by atoms with Crippen molar-refractivity contribution in [1.82, 2.24) is 0 Å². The zero-order chi connectivity index (χ0) is 13.7. The second-order valence-corrected chi connectivity index (χ2v) is 4.31. The van der Waals surface area contributed by atoms with Gasteiger partial charge >= 0.3 is 5.97 Å². The van der Waals surface area contributed by atoms with Crippen LogP contribution in [0.3, 0.4) is 0 Å². The number of aliphatic hydroxyl groups is 1. The summed E-state index contributed by atoms with van der Waals surface area (Å²) < 4.78 is 10.1. The largest absolute Gasteiger partial charge is 0.496 e. The molecule has 0 spiro atoms. The van der Waals surface area contributed by atoms with E-state index < -0.39 is 12.1 Å². The molecule has 4 nitrogen and oxygen atoms in total. The van der Waals surface area contributed by atoms with Gasteiger partial charge in [-0.25, -0.2) is 4.79 Å². The van der Waals surface area contributed by atoms with Crippen molar-refractivity contribution >= 4 is 5.97 Å². The van der Waals surface area contributed by atoms with Crippen molar-refractivity contribution in [1.29, 1.82) is 0 Å². The first-order valence-corrected chi connectivity index (χ1v) is 6.03. The Labute approximate surface area is 108 Å². The molecule has 1 atom stereocenters. The minimum absolute atomic E-state index is 0.247. The molecule has 1 N–H and O–H groups in total. The fraction of sp³-hybridized carbons (Fsp3) is 0.500. The molecule has 0 heterocycles. The highest BCUT2D eigenvalue weighted by atomic mass is 16.5. The number of methoxy groups -OCH3 is 1. The standard InChI is InChI=1S/C14H20O4/c1-5-18-14(16)13(15)10-6-7-11(9(2)3)12(8-10)17-4/h6-9,13,15H,5H2,1-4H3. The van der Waals surface area contributed by atoms with Gasteiger partial charge in [0.05, 0.1) is 13.7 Å². The van der Waals surface area contributed by atoms with Crippen molar-refractivity contribution in [2.24, 2.45) is 0 Å². The number of ether oxygens (including phenoxy) is 2. The van der Waals surface area contributed by atoms with Crippen LogP contribution in [-0.4, -0.2) is 24.8 Å². The number of esters is 1. The molecule has 4 heteroatoms. The second kappa shape index (κ2) is 6.40. The van der Waals surface area contributed by atoms with E-state index in [2.05, 4.69) is 13.8 Å². The summed E-state index contributed by atoms with van der Waals surface area (Å²) in [4.78, 5) is 11.4. The monoisotopic (exact) mass is 252 g/mol. The third kappa shape index (κ3) is 3.23. The molecular formula is C14H20O4. The van der Waals surface area contributed by atoms with Gasteiger partial charge < -0.3 is 14.6 Å². The maximum Gasteiger partial charge on any atom is 0.339 e. The molecule has 1 aromatic carbocycles. The molecule has 1 unspecified atom stereocenters. The summed E-state index contributed by atoms with van der Waals surface area (Å²) >= 11 is 0. The van der Waals surface area contributed by atoms with Gasteiger partial charge in [0.2, 0.25) is 0 Å². The van der Waals surface area contributed by atoms with Crippen LogP contribution in [0.1, 0.15) is 43.9 Å². The van der Waals surface area contributed by atoms with E-state index in [9.17, 15) is 9.90 Å². The van der Waals surface area contributed by atoms with E-state index >= 15 is 0 Å². The van der Waals surface area contributed by atoms with Gasteiger partial charge in [0, 0.05) is 0 Å². The molecule has 0 aliphatic carbocycles. The molecule has 0 bridgehead atoms. The molecule has 0 fully saturated rings. The van der Waals surface area contributed by atoms with Gasteiger partial charge in [0.1, 0.15) is 5.75 Å². The third-order valence-electron chi connectivity index (χ3n) is 2.71. The van der Waals surface area contributed by atoms with Crippen LogP contribution < -0.4 is 4.74 Å². The number of carbonyl (C=O) groups excluding carboxylic acids is 1. The van der Waals surface area contributed by atoms with Crippen LogP contribution in [0.2, 0.25) is 0 Å². The van der Waals surface area contributed by atoms with Gasteiger partial charge in [-0.05, 0) is 30.0 Å². The van der Waals surface area contributed by atoms with Crippen molar-refractivity contribution in [2.45, 2.75) is 32.8 Å². The van der Waals surface area contributed by atoms with Gasteiger partial charge in [0.25, 0.3) is 0 Å². The molecule has 1 rings (SSSR count). The molecule has 0 aliphatic heterocycles. The molecule has 0 saturated carbocycles. The molecule has 0 aromatic heterocycles. The van der Waals surface area contributed by atoms with Crippen molar-refractivity contribution in [3.8, 4) is 5.75 Å². The summed E-state index contributed by atoms with van der Waals surface area (Å²) in [5.74, 6) is 0.344. The molecular weight excluding hydrogens is 232 g/mol. The number of hydrogen-bond donors (Lipinski definition) is 1. The van der Waals surface area contributed by atoms with Crippen molar-refractivity contribution in [3.63, 3.8) is 0 Å². The number of hydrogen-bond acceptors (Lipinski definition) is 4. The van der Waals surface area contributed by atoms with Crippen LogP contribution in [-0.2, 0) is 9.53 Å². The van der Waals surface area contributed by atoms with E-state index in [1.54, 1.807) is 26.2 Å². The first kappa shape index (κ1) is 14.5. The number of benzene rings is 1. The minimum atomic E-state index is -1.26. The van der Waals surface area contributed by atoms with Crippen molar-refractivity contribution < 1.29 is 19.4 Å². The van der Waals surface area contributed by atoms with E-state index in [0.717, 1.165) is 5.56 Å². The van der Waals surface area contributed by atoms with E-state index in [-0.39, 0.29) is 6.61 Å². The van der Waals surface area contributed by atoms with E-state index in [1.807, 2.05) is 6.07 Å². The van der Waals surface area contributed by atoms with Crippen LogP contribution in [0, 0.1) is 0 Å². The van der Waals surface area contributed by atoms with Crippen molar-refractivity contribution in [2.75, 3.05) is 13.7 Å². The zero-order valence-corrected chi connectivity index (χ0v) is 11.3. The smallest absolute Gasteiger partial charge is 0.339 e. The zero-order valence-electron chi connectivity index (χ0n) is 11.3. The second-order valence-electron chi connectivity index (χ2n) is 4.31. The molecule has 18 heavy (non-hydrogen) atoms. The van der Waals surface area contributed by atoms with Crippen LogP contribution in [0.15, 0.2) is 18.2 Å². The molecule has 0 amide bonds. The van der Waals surface area contributed by atoms with Crippen LogP contribution in [0.4, 0.5) is 0 Å². The van der Waals surface area contributed by atoms with Crippen molar-refractivity contribution in [3.05, 3.63) is 29.3 Å². The lowest BCUT2D eigenvalue weighted by molar-refractivity contribution is -0.153. The molecule has 0 radical (unpaired) electrons. The highest BCUT2D eigenvalue weighted by molar-refractivity contribution is 5.76. The predicted octanol–water partition coefficient (Wildman–Crippen LogP) is 2.42. The van der Waals surface area contributed by atoms with E-state index in [0.29, 0.717) is 17.2 Å². The molecule has 1 aromatic rings. The Morgan fingerprint density at radius 3 is 2.56 bits per heavy atom. The van der Waals surface area contributed by atoms with E-state index in [4.69, 9.17) is 9.47 Å². The summed E-state index contributed by atoms with van der Waals surface area (Å²) in [6.07, 6.45) is -1.26. The van der Waals surface area contributed by atoms with Crippen LogP contribution in [0.5, 0.6) is 5.75 Å². The first-order valence-electron chi connectivity index (χ1n) is 6.03. The lowest BCUT2D eigenvalue weighted by Gasteiger charge is -2.15. The number of aliphatic hydroxyl groups excluding tert-OH is 1. The summed E-state index contributed by atoms with van der Waals surface area (Å²) in [6.45, 7) is 6.06. The summed E-state index contributed by atoms with van der Waals surface area (Å²) in [5, 5.41) is 9.84. The quantitative estimate of drug-likeness (QED) is 0.818. The maximum atomic E-state index is 11.4. The lowest BCUT2D eigenvalue weighted by Crippen LogP contribution is -2.15. The Balaban J connectivity index is 3.01. The molecule has 0 aliphatic rings. The van der Waals surface area contributed by atoms with Crippen LogP contribution in [0.25, 0.3) is 0 Å². The number of carbonyl (C=O) groups is 1. The number of rotatable bonds is 5. The fourth-order valence-corrected chi connectivity index (χ4v) is 1.73. The average molecular weight is 252 g/mol. The lowest BCUT2D eigenvalue weighted by atomic mass is 9.98. The Morgan fingerprint density at radius 1 is 1.39 bits per heavy atom. The Kier molecular flexibility index (Phi) is 5.16. The Hall–Kier alpha value is -1.55. The Bertz CT molecular complexity index is 412. The van der Waals surface area contributed by atoms with Gasteiger partial charge in [-0.3, -0.25) is 0 Å².